The van der Waals surface area contributed by atoms with Crippen molar-refractivity contribution in [3.63, 3.8) is 0 Å². The third kappa shape index (κ3) is 3.13. The van der Waals surface area contributed by atoms with E-state index in [1.807, 2.05) is 0 Å². The van der Waals surface area contributed by atoms with Crippen LogP contribution in [0.2, 0.25) is 0 Å². The monoisotopic (exact) mass is 316 g/mol. The minimum Gasteiger partial charge on any atom is -0.440 e. The minimum atomic E-state index is -0.696. The Balaban J connectivity index is 2.01. The molecule has 2 aromatic rings. The SMILES string of the molecule is O=C(NCc1cc(F)cc(F)c1)c1nc(Br)co1. The van der Waals surface area contributed by atoms with Gasteiger partial charge in [-0.2, -0.15) is 4.98 Å². The number of hydrogen-bond donors (Lipinski definition) is 1. The van der Waals surface area contributed by atoms with Crippen molar-refractivity contribution in [1.82, 2.24) is 10.3 Å². The molecule has 1 aromatic heterocycles. The van der Waals surface area contributed by atoms with Gasteiger partial charge in [-0.3, -0.25) is 4.79 Å². The summed E-state index contributed by atoms with van der Waals surface area (Å²) in [6.45, 7) is -0.0203. The number of carbonyl (C=O) groups is 1. The van der Waals surface area contributed by atoms with Gasteiger partial charge in [0.2, 0.25) is 0 Å². The molecule has 1 N–H and O–H groups in total. The molecule has 0 fully saturated rings. The van der Waals surface area contributed by atoms with Gasteiger partial charge in [0, 0.05) is 12.6 Å². The van der Waals surface area contributed by atoms with Gasteiger partial charge in [-0.25, -0.2) is 8.78 Å². The van der Waals surface area contributed by atoms with Crippen LogP contribution >= 0.6 is 15.9 Å². The molecule has 0 aliphatic rings. The Kier molecular flexibility index (Phi) is 3.71. The van der Waals surface area contributed by atoms with Crippen molar-refractivity contribution in [3.05, 3.63) is 52.2 Å². The number of amides is 1. The van der Waals surface area contributed by atoms with Crippen LogP contribution in [0.5, 0.6) is 0 Å². The molecule has 18 heavy (non-hydrogen) atoms. The number of oxazole rings is 1. The maximum Gasteiger partial charge on any atom is 0.307 e. The minimum absolute atomic E-state index is 0.0203. The molecule has 0 spiro atoms. The summed E-state index contributed by atoms with van der Waals surface area (Å²) >= 11 is 3.03. The van der Waals surface area contributed by atoms with Crippen LogP contribution in [0.25, 0.3) is 0 Å². The first-order valence-electron chi connectivity index (χ1n) is 4.89. The normalized spacial score (nSPS) is 10.4. The zero-order valence-corrected chi connectivity index (χ0v) is 10.5. The van der Waals surface area contributed by atoms with Gasteiger partial charge in [-0.15, -0.1) is 0 Å². The van der Waals surface area contributed by atoms with Crippen LogP contribution in [0.4, 0.5) is 8.78 Å². The van der Waals surface area contributed by atoms with Crippen LogP contribution in [0.15, 0.2) is 33.5 Å². The summed E-state index contributed by atoms with van der Waals surface area (Å²) in [5.41, 5.74) is 0.312. The summed E-state index contributed by atoms with van der Waals surface area (Å²) in [5, 5.41) is 2.43. The Labute approximate surface area is 109 Å². The average Bonchev–Trinajstić information content (AvgIpc) is 2.71. The van der Waals surface area contributed by atoms with E-state index in [9.17, 15) is 13.6 Å². The molecule has 0 aliphatic heterocycles. The van der Waals surface area contributed by atoms with Gasteiger partial charge < -0.3 is 9.73 Å². The molecule has 0 aliphatic carbocycles. The first-order valence-corrected chi connectivity index (χ1v) is 5.68. The molecule has 1 heterocycles. The van der Waals surface area contributed by atoms with Crippen LogP contribution in [0, 0.1) is 11.6 Å². The second kappa shape index (κ2) is 5.26. The summed E-state index contributed by atoms with van der Waals surface area (Å²) in [6.07, 6.45) is 1.26. The third-order valence-electron chi connectivity index (χ3n) is 2.05. The number of benzene rings is 1. The molecule has 2 rings (SSSR count). The van der Waals surface area contributed by atoms with Crippen LogP contribution in [0.1, 0.15) is 16.2 Å². The molecular weight excluding hydrogens is 310 g/mol. The van der Waals surface area contributed by atoms with E-state index in [1.54, 1.807) is 0 Å². The third-order valence-corrected chi connectivity index (χ3v) is 2.41. The molecule has 7 heteroatoms. The highest BCUT2D eigenvalue weighted by atomic mass is 79.9. The Hall–Kier alpha value is -1.76. The molecule has 0 radical (unpaired) electrons. The summed E-state index contributed by atoms with van der Waals surface area (Å²) < 4.78 is 31.0. The molecule has 0 unspecified atom stereocenters. The molecule has 0 bridgehead atoms. The van der Waals surface area contributed by atoms with Gasteiger partial charge in [0.05, 0.1) is 0 Å². The molecule has 94 valence electrons. The molecule has 0 saturated carbocycles. The van der Waals surface area contributed by atoms with E-state index in [0.717, 1.165) is 18.2 Å². The van der Waals surface area contributed by atoms with Crippen molar-refractivity contribution in [2.24, 2.45) is 0 Å². The number of hydrogen-bond acceptors (Lipinski definition) is 3. The molecule has 0 atom stereocenters. The van der Waals surface area contributed by atoms with Crippen molar-refractivity contribution in [2.45, 2.75) is 6.54 Å². The lowest BCUT2D eigenvalue weighted by atomic mass is 10.2. The summed E-state index contributed by atoms with van der Waals surface area (Å²) in [6, 6.07) is 3.03. The van der Waals surface area contributed by atoms with E-state index in [4.69, 9.17) is 4.42 Å². The van der Waals surface area contributed by atoms with Crippen molar-refractivity contribution in [3.8, 4) is 0 Å². The quantitative estimate of drug-likeness (QED) is 0.947. The summed E-state index contributed by atoms with van der Waals surface area (Å²) in [7, 11) is 0. The number of rotatable bonds is 3. The van der Waals surface area contributed by atoms with Gasteiger partial charge in [0.1, 0.15) is 22.5 Å². The average molecular weight is 317 g/mol. The topological polar surface area (TPSA) is 55.1 Å². The predicted octanol–water partition coefficient (Wildman–Crippen LogP) is 2.65. The van der Waals surface area contributed by atoms with Gasteiger partial charge >= 0.3 is 5.91 Å². The Morgan fingerprint density at radius 2 is 2.00 bits per heavy atom. The van der Waals surface area contributed by atoms with E-state index in [0.29, 0.717) is 10.2 Å². The maximum absolute atomic E-state index is 12.9. The van der Waals surface area contributed by atoms with E-state index < -0.39 is 17.5 Å². The van der Waals surface area contributed by atoms with Crippen LogP contribution in [-0.4, -0.2) is 10.9 Å². The van der Waals surface area contributed by atoms with Crippen molar-refractivity contribution < 1.29 is 18.0 Å². The first kappa shape index (κ1) is 12.7. The molecular formula is C11H7BrF2N2O2. The van der Waals surface area contributed by atoms with Crippen LogP contribution in [-0.2, 0) is 6.54 Å². The molecule has 4 nitrogen and oxygen atoms in total. The standard InChI is InChI=1S/C11H7BrF2N2O2/c12-9-5-18-11(16-9)10(17)15-4-6-1-7(13)3-8(14)2-6/h1-3,5H,4H2,(H,15,17). The van der Waals surface area contributed by atoms with E-state index in [-0.39, 0.29) is 12.4 Å². The fraction of sp³-hybridized carbons (Fsp3) is 0.0909. The highest BCUT2D eigenvalue weighted by Crippen LogP contribution is 2.10. The number of nitrogens with zero attached hydrogens (tertiary/aromatic N) is 1. The van der Waals surface area contributed by atoms with Gasteiger partial charge in [0.25, 0.3) is 5.89 Å². The number of carbonyl (C=O) groups excluding carboxylic acids is 1. The largest absolute Gasteiger partial charge is 0.440 e. The highest BCUT2D eigenvalue weighted by molar-refractivity contribution is 9.10. The maximum atomic E-state index is 12.9. The van der Waals surface area contributed by atoms with Crippen molar-refractivity contribution in [1.29, 1.82) is 0 Å². The predicted molar refractivity (Wildman–Crippen MR) is 61.7 cm³/mol. The van der Waals surface area contributed by atoms with Gasteiger partial charge in [-0.1, -0.05) is 0 Å². The second-order valence-electron chi connectivity index (χ2n) is 3.44. The Bertz CT molecular complexity index is 566. The lowest BCUT2D eigenvalue weighted by molar-refractivity contribution is 0.0916. The fourth-order valence-corrected chi connectivity index (χ4v) is 1.58. The van der Waals surface area contributed by atoms with Gasteiger partial charge in [0.15, 0.2) is 0 Å². The number of halogens is 3. The molecule has 1 amide bonds. The van der Waals surface area contributed by atoms with Crippen molar-refractivity contribution >= 4 is 21.8 Å². The Morgan fingerprint density at radius 1 is 1.33 bits per heavy atom. The lowest BCUT2D eigenvalue weighted by Gasteiger charge is -2.03. The van der Waals surface area contributed by atoms with E-state index in [1.165, 1.54) is 6.26 Å². The van der Waals surface area contributed by atoms with Gasteiger partial charge in [-0.05, 0) is 33.6 Å². The zero-order valence-electron chi connectivity index (χ0n) is 8.91. The molecule has 0 saturated heterocycles. The number of aromatic nitrogens is 1. The van der Waals surface area contributed by atoms with Crippen LogP contribution in [0.3, 0.4) is 0 Å². The van der Waals surface area contributed by atoms with E-state index >= 15 is 0 Å². The summed E-state index contributed by atoms with van der Waals surface area (Å²) in [4.78, 5) is 15.3. The highest BCUT2D eigenvalue weighted by Gasteiger charge is 2.12. The summed E-state index contributed by atoms with van der Waals surface area (Å²) in [5.74, 6) is -2.08. The van der Waals surface area contributed by atoms with Crippen molar-refractivity contribution in [2.75, 3.05) is 0 Å². The second-order valence-corrected chi connectivity index (χ2v) is 4.25. The Morgan fingerprint density at radius 3 is 2.56 bits per heavy atom. The smallest absolute Gasteiger partial charge is 0.307 e. The van der Waals surface area contributed by atoms with E-state index in [2.05, 4.69) is 26.2 Å². The van der Waals surface area contributed by atoms with Crippen LogP contribution < -0.4 is 5.32 Å². The molecule has 1 aromatic carbocycles. The zero-order chi connectivity index (χ0) is 13.1. The fourth-order valence-electron chi connectivity index (χ4n) is 1.33. The first-order chi connectivity index (χ1) is 8.54. The number of nitrogens with one attached hydrogen (secondary N) is 1. The lowest BCUT2D eigenvalue weighted by Crippen LogP contribution is -2.23.